The van der Waals surface area contributed by atoms with Gasteiger partial charge >= 0.3 is 0 Å². The Morgan fingerprint density at radius 1 is 1.42 bits per heavy atom. The molecule has 1 aliphatic heterocycles. The van der Waals surface area contributed by atoms with Crippen molar-refractivity contribution in [2.24, 2.45) is 0 Å². The summed E-state index contributed by atoms with van der Waals surface area (Å²) < 4.78 is 5.81. The summed E-state index contributed by atoms with van der Waals surface area (Å²) in [6.45, 7) is 11.0. The van der Waals surface area contributed by atoms with Gasteiger partial charge in [0.15, 0.2) is 5.82 Å². The molecule has 0 N–H and O–H groups in total. The van der Waals surface area contributed by atoms with Crippen molar-refractivity contribution in [3.63, 3.8) is 0 Å². The lowest BCUT2D eigenvalue weighted by molar-refractivity contribution is -0.0443. The smallest absolute Gasteiger partial charge is 0.160 e. The van der Waals surface area contributed by atoms with Crippen molar-refractivity contribution in [2.45, 2.75) is 46.3 Å². The molecule has 1 unspecified atom stereocenters. The van der Waals surface area contributed by atoms with Gasteiger partial charge in [-0.3, -0.25) is 4.90 Å². The predicted molar refractivity (Wildman–Crippen MR) is 76.6 cm³/mol. The van der Waals surface area contributed by atoms with Crippen LogP contribution in [0.2, 0.25) is 5.15 Å². The van der Waals surface area contributed by atoms with E-state index in [1.165, 1.54) is 0 Å². The Bertz CT molecular complexity index is 451. The second-order valence-electron chi connectivity index (χ2n) is 5.25. The van der Waals surface area contributed by atoms with E-state index in [1.807, 2.05) is 6.92 Å². The first kappa shape index (κ1) is 14.7. The highest BCUT2D eigenvalue weighted by Gasteiger charge is 2.26. The fraction of sp³-hybridized carbons (Fsp3) is 0.714. The molecule has 4 nitrogen and oxygen atoms in total. The Hall–Kier alpha value is -0.710. The molecule has 106 valence electrons. The summed E-state index contributed by atoms with van der Waals surface area (Å²) in [7, 11) is 0. The summed E-state index contributed by atoms with van der Waals surface area (Å²) in [6.07, 6.45) is 0.793. The minimum Gasteiger partial charge on any atom is -0.368 e. The Labute approximate surface area is 120 Å². The predicted octanol–water partition coefficient (Wildman–Crippen LogP) is 2.78. The summed E-state index contributed by atoms with van der Waals surface area (Å²) in [5, 5.41) is 0.548. The Morgan fingerprint density at radius 3 is 2.79 bits per heavy atom. The van der Waals surface area contributed by atoms with E-state index in [1.54, 1.807) is 0 Å². The molecular formula is C14H22ClN3O. The quantitative estimate of drug-likeness (QED) is 0.800. The van der Waals surface area contributed by atoms with E-state index >= 15 is 0 Å². The van der Waals surface area contributed by atoms with Crippen molar-refractivity contribution in [3.8, 4) is 0 Å². The van der Waals surface area contributed by atoms with Crippen LogP contribution in [0.15, 0.2) is 0 Å². The minimum atomic E-state index is -0.0699. The number of nitrogens with zero attached hydrogens (tertiary/aromatic N) is 3. The first-order valence-corrected chi connectivity index (χ1v) is 7.29. The largest absolute Gasteiger partial charge is 0.368 e. The van der Waals surface area contributed by atoms with Crippen LogP contribution < -0.4 is 0 Å². The van der Waals surface area contributed by atoms with Crippen LogP contribution in [0, 0.1) is 6.92 Å². The maximum Gasteiger partial charge on any atom is 0.160 e. The molecule has 0 amide bonds. The Kier molecular flexibility index (Phi) is 4.76. The van der Waals surface area contributed by atoms with Crippen LogP contribution >= 0.6 is 11.6 Å². The van der Waals surface area contributed by atoms with E-state index in [2.05, 4.69) is 35.6 Å². The summed E-state index contributed by atoms with van der Waals surface area (Å²) >= 11 is 6.20. The van der Waals surface area contributed by atoms with Gasteiger partial charge in [0.25, 0.3) is 0 Å². The van der Waals surface area contributed by atoms with Gasteiger partial charge in [0.2, 0.25) is 0 Å². The highest BCUT2D eigenvalue weighted by atomic mass is 35.5. The van der Waals surface area contributed by atoms with Crippen molar-refractivity contribution in [1.82, 2.24) is 14.9 Å². The lowest BCUT2D eigenvalue weighted by Crippen LogP contribution is -2.42. The van der Waals surface area contributed by atoms with Crippen molar-refractivity contribution in [1.29, 1.82) is 0 Å². The van der Waals surface area contributed by atoms with E-state index in [0.29, 0.717) is 11.2 Å². The highest BCUT2D eigenvalue weighted by Crippen LogP contribution is 2.24. The number of hydrogen-bond acceptors (Lipinski definition) is 4. The molecule has 2 rings (SSSR count). The van der Waals surface area contributed by atoms with E-state index in [-0.39, 0.29) is 6.10 Å². The lowest BCUT2D eigenvalue weighted by atomic mass is 10.1. The summed E-state index contributed by atoms with van der Waals surface area (Å²) in [4.78, 5) is 11.4. The van der Waals surface area contributed by atoms with Crippen LogP contribution in [0.1, 0.15) is 44.0 Å². The third-order valence-corrected chi connectivity index (χ3v) is 4.02. The molecule has 0 aromatic carbocycles. The molecular weight excluding hydrogens is 262 g/mol. The zero-order valence-electron chi connectivity index (χ0n) is 12.1. The molecule has 19 heavy (non-hydrogen) atoms. The standard InChI is InChI=1S/C14H22ClN3O/c1-5-11-10(4)13(15)17-14(16-11)12-8-18(9(2)3)6-7-19-12/h9,12H,5-8H2,1-4H3. The number of halogens is 1. The second-order valence-corrected chi connectivity index (χ2v) is 5.60. The first-order chi connectivity index (χ1) is 9.02. The number of hydrogen-bond donors (Lipinski definition) is 0. The number of rotatable bonds is 3. The topological polar surface area (TPSA) is 38.2 Å². The molecule has 5 heteroatoms. The molecule has 1 fully saturated rings. The van der Waals surface area contributed by atoms with Crippen molar-refractivity contribution < 1.29 is 4.74 Å². The number of morpholine rings is 1. The Morgan fingerprint density at radius 2 is 2.16 bits per heavy atom. The number of aryl methyl sites for hydroxylation is 1. The van der Waals surface area contributed by atoms with Crippen LogP contribution in [0.25, 0.3) is 0 Å². The third kappa shape index (κ3) is 3.25. The molecule has 0 spiro atoms. The van der Waals surface area contributed by atoms with Crippen LogP contribution in [0.3, 0.4) is 0 Å². The van der Waals surface area contributed by atoms with Gasteiger partial charge in [0.05, 0.1) is 6.61 Å². The normalized spacial score (nSPS) is 21.1. The van der Waals surface area contributed by atoms with Crippen LogP contribution in [-0.4, -0.2) is 40.6 Å². The van der Waals surface area contributed by atoms with Crippen molar-refractivity contribution in [3.05, 3.63) is 22.2 Å². The van der Waals surface area contributed by atoms with E-state index in [0.717, 1.165) is 43.2 Å². The Balaban J connectivity index is 2.24. The first-order valence-electron chi connectivity index (χ1n) is 6.91. The third-order valence-electron chi connectivity index (χ3n) is 3.66. The molecule has 2 heterocycles. The fourth-order valence-electron chi connectivity index (χ4n) is 2.33. The number of ether oxygens (including phenoxy) is 1. The van der Waals surface area contributed by atoms with Crippen LogP contribution in [0.5, 0.6) is 0 Å². The van der Waals surface area contributed by atoms with Crippen LogP contribution in [0.4, 0.5) is 0 Å². The lowest BCUT2D eigenvalue weighted by Gasteiger charge is -2.34. The van der Waals surface area contributed by atoms with Gasteiger partial charge in [-0.25, -0.2) is 9.97 Å². The summed E-state index contributed by atoms with van der Waals surface area (Å²) in [5.74, 6) is 0.720. The SMILES string of the molecule is CCc1nc(C2CN(C(C)C)CCO2)nc(Cl)c1C. The molecule has 0 saturated carbocycles. The second kappa shape index (κ2) is 6.16. The maximum absolute atomic E-state index is 6.20. The van der Waals surface area contributed by atoms with Gasteiger partial charge in [-0.2, -0.15) is 0 Å². The van der Waals surface area contributed by atoms with Gasteiger partial charge < -0.3 is 4.74 Å². The molecule has 0 radical (unpaired) electrons. The summed E-state index contributed by atoms with van der Waals surface area (Å²) in [6, 6.07) is 0.512. The van der Waals surface area contributed by atoms with Gasteiger partial charge in [0, 0.05) is 30.4 Å². The van der Waals surface area contributed by atoms with E-state index in [9.17, 15) is 0 Å². The molecule has 1 aromatic rings. The zero-order valence-corrected chi connectivity index (χ0v) is 12.9. The average molecular weight is 284 g/mol. The zero-order chi connectivity index (χ0) is 14.0. The molecule has 1 saturated heterocycles. The van der Waals surface area contributed by atoms with Crippen molar-refractivity contribution in [2.75, 3.05) is 19.7 Å². The fourth-order valence-corrected chi connectivity index (χ4v) is 2.53. The molecule has 0 aliphatic carbocycles. The summed E-state index contributed by atoms with van der Waals surface area (Å²) in [5.41, 5.74) is 1.99. The van der Waals surface area contributed by atoms with E-state index in [4.69, 9.17) is 16.3 Å². The molecule has 0 bridgehead atoms. The number of aromatic nitrogens is 2. The van der Waals surface area contributed by atoms with Crippen molar-refractivity contribution >= 4 is 11.6 Å². The minimum absolute atomic E-state index is 0.0699. The highest BCUT2D eigenvalue weighted by molar-refractivity contribution is 6.30. The van der Waals surface area contributed by atoms with Gasteiger partial charge in [-0.1, -0.05) is 18.5 Å². The van der Waals surface area contributed by atoms with E-state index < -0.39 is 0 Å². The molecule has 1 aromatic heterocycles. The average Bonchev–Trinajstić information content (AvgIpc) is 2.41. The molecule has 1 atom stereocenters. The van der Waals surface area contributed by atoms with Gasteiger partial charge in [-0.15, -0.1) is 0 Å². The molecule has 1 aliphatic rings. The monoisotopic (exact) mass is 283 g/mol. The van der Waals surface area contributed by atoms with Gasteiger partial charge in [-0.05, 0) is 27.2 Å². The maximum atomic E-state index is 6.20. The van der Waals surface area contributed by atoms with Crippen LogP contribution in [-0.2, 0) is 11.2 Å². The van der Waals surface area contributed by atoms with Gasteiger partial charge in [0.1, 0.15) is 11.3 Å².